The van der Waals surface area contributed by atoms with Crippen LogP contribution < -0.4 is 10.2 Å². The van der Waals surface area contributed by atoms with Crippen LogP contribution in [-0.4, -0.2) is 54.4 Å². The summed E-state index contributed by atoms with van der Waals surface area (Å²) in [5.41, 5.74) is -1.96. The van der Waals surface area contributed by atoms with Gasteiger partial charge in [-0.1, -0.05) is 6.92 Å². The fraction of sp³-hybridized carbons (Fsp3) is 0.625. The lowest BCUT2D eigenvalue weighted by molar-refractivity contribution is -0.175. The molecule has 1 aromatic heterocycles. The van der Waals surface area contributed by atoms with Gasteiger partial charge in [0.05, 0.1) is 29.0 Å². The minimum absolute atomic E-state index is 0.0122. The van der Waals surface area contributed by atoms with Crippen molar-refractivity contribution in [1.29, 1.82) is 0 Å². The van der Waals surface area contributed by atoms with Crippen molar-refractivity contribution >= 4 is 27.3 Å². The van der Waals surface area contributed by atoms with E-state index in [-0.39, 0.29) is 28.0 Å². The minimum Gasteiger partial charge on any atom is -0.465 e. The van der Waals surface area contributed by atoms with E-state index in [4.69, 9.17) is 0 Å². The normalized spacial score (nSPS) is 17.8. The van der Waals surface area contributed by atoms with Crippen molar-refractivity contribution in [3.63, 3.8) is 0 Å². The van der Waals surface area contributed by atoms with Gasteiger partial charge in [0, 0.05) is 12.3 Å². The molecule has 0 spiro atoms. The van der Waals surface area contributed by atoms with E-state index < -0.39 is 27.6 Å². The van der Waals surface area contributed by atoms with Gasteiger partial charge in [-0.05, 0) is 32.3 Å². The number of amides is 1. The highest BCUT2D eigenvalue weighted by atomic mass is 32.2. The number of nitrogens with one attached hydrogen (secondary N) is 1. The summed E-state index contributed by atoms with van der Waals surface area (Å²) in [4.78, 5) is 15.8. The Kier molecular flexibility index (Phi) is 5.65. The van der Waals surface area contributed by atoms with Gasteiger partial charge < -0.3 is 10.4 Å². The van der Waals surface area contributed by atoms with E-state index in [1.54, 1.807) is 6.92 Å². The van der Waals surface area contributed by atoms with Crippen molar-refractivity contribution in [2.75, 3.05) is 28.3 Å². The van der Waals surface area contributed by atoms with Gasteiger partial charge in [-0.3, -0.25) is 9.88 Å². The SMILES string of the molecule is CCS(=O)(=O)C[C@@H]1CNc2cc(N(C(=O)O)C(C)(C)C(F)(F)F)cnc2C1. The number of hydrogen-bond donors (Lipinski definition) is 2. The molecule has 152 valence electrons. The first-order chi connectivity index (χ1) is 12.3. The quantitative estimate of drug-likeness (QED) is 0.776. The van der Waals surface area contributed by atoms with Crippen molar-refractivity contribution in [2.24, 2.45) is 5.92 Å². The molecule has 1 aliphatic heterocycles. The number of hydrogen-bond acceptors (Lipinski definition) is 5. The lowest BCUT2D eigenvalue weighted by atomic mass is 9.98. The summed E-state index contributed by atoms with van der Waals surface area (Å²) < 4.78 is 63.5. The van der Waals surface area contributed by atoms with Crippen LogP contribution in [0.4, 0.5) is 29.3 Å². The maximum absolute atomic E-state index is 13.3. The second-order valence-electron chi connectivity index (χ2n) is 7.01. The van der Waals surface area contributed by atoms with E-state index in [0.717, 1.165) is 20.0 Å². The summed E-state index contributed by atoms with van der Waals surface area (Å²) in [6.07, 6.45) is -5.12. The Morgan fingerprint density at radius 3 is 2.56 bits per heavy atom. The Hall–Kier alpha value is -2.04. The molecular formula is C16H22F3N3O4S. The van der Waals surface area contributed by atoms with Gasteiger partial charge in [-0.15, -0.1) is 0 Å². The van der Waals surface area contributed by atoms with Gasteiger partial charge in [0.15, 0.2) is 0 Å². The highest BCUT2D eigenvalue weighted by Gasteiger charge is 2.54. The molecule has 1 aromatic rings. The van der Waals surface area contributed by atoms with Gasteiger partial charge >= 0.3 is 12.3 Å². The molecule has 11 heteroatoms. The third kappa shape index (κ3) is 4.45. The maximum Gasteiger partial charge on any atom is 0.412 e. The number of pyridine rings is 1. The summed E-state index contributed by atoms with van der Waals surface area (Å²) in [5, 5.41) is 12.3. The molecule has 0 aliphatic carbocycles. The van der Waals surface area contributed by atoms with E-state index >= 15 is 0 Å². The lowest BCUT2D eigenvalue weighted by Crippen LogP contribution is -2.57. The number of anilines is 2. The maximum atomic E-state index is 13.3. The number of alkyl halides is 3. The van der Waals surface area contributed by atoms with E-state index in [0.29, 0.717) is 24.3 Å². The fourth-order valence-corrected chi connectivity index (χ4v) is 4.10. The highest BCUT2D eigenvalue weighted by Crippen LogP contribution is 2.39. The lowest BCUT2D eigenvalue weighted by Gasteiger charge is -2.38. The zero-order valence-electron chi connectivity index (χ0n) is 15.2. The van der Waals surface area contributed by atoms with Crippen molar-refractivity contribution in [3.8, 4) is 0 Å². The largest absolute Gasteiger partial charge is 0.465 e. The Labute approximate surface area is 155 Å². The van der Waals surface area contributed by atoms with E-state index in [1.165, 1.54) is 6.07 Å². The molecule has 0 bridgehead atoms. The van der Waals surface area contributed by atoms with Gasteiger partial charge in [0.1, 0.15) is 15.4 Å². The van der Waals surface area contributed by atoms with Crippen LogP contribution in [0.5, 0.6) is 0 Å². The second kappa shape index (κ2) is 7.17. The number of carboxylic acid groups (broad SMARTS) is 1. The minimum atomic E-state index is -4.78. The third-order valence-electron chi connectivity index (χ3n) is 4.65. The van der Waals surface area contributed by atoms with Crippen LogP contribution in [0.25, 0.3) is 0 Å². The summed E-state index contributed by atoms with van der Waals surface area (Å²) >= 11 is 0. The number of rotatable bonds is 5. The third-order valence-corrected chi connectivity index (χ3v) is 6.51. The number of aromatic nitrogens is 1. The smallest absolute Gasteiger partial charge is 0.412 e. The number of carbonyl (C=O) groups is 1. The predicted molar refractivity (Wildman–Crippen MR) is 94.9 cm³/mol. The molecule has 0 unspecified atom stereocenters. The monoisotopic (exact) mass is 409 g/mol. The van der Waals surface area contributed by atoms with E-state index in [2.05, 4.69) is 10.3 Å². The number of halogens is 3. The summed E-state index contributed by atoms with van der Waals surface area (Å²) in [7, 11) is -3.17. The Bertz CT molecular complexity index is 825. The van der Waals surface area contributed by atoms with Crippen molar-refractivity contribution < 1.29 is 31.5 Å². The standard InChI is InChI=1S/C16H22F3N3O4S/c1-4-27(25,26)9-10-5-12-13(20-7-10)6-11(8-21-12)22(14(23)24)15(2,3)16(17,18)19/h6,8,10,20H,4-5,7,9H2,1-3H3,(H,23,24)/t10-/m0/s1. The Morgan fingerprint density at radius 1 is 1.41 bits per heavy atom. The van der Waals surface area contributed by atoms with Crippen molar-refractivity contribution in [2.45, 2.75) is 38.9 Å². The topological polar surface area (TPSA) is 99.6 Å². The van der Waals surface area contributed by atoms with Crippen LogP contribution >= 0.6 is 0 Å². The molecule has 0 radical (unpaired) electrons. The highest BCUT2D eigenvalue weighted by molar-refractivity contribution is 7.91. The first kappa shape index (κ1) is 21.3. The Morgan fingerprint density at radius 2 is 2.04 bits per heavy atom. The van der Waals surface area contributed by atoms with Gasteiger partial charge in [-0.25, -0.2) is 13.2 Å². The van der Waals surface area contributed by atoms with E-state index in [9.17, 15) is 31.5 Å². The van der Waals surface area contributed by atoms with Crippen molar-refractivity contribution in [1.82, 2.24) is 4.98 Å². The molecule has 0 fully saturated rings. The van der Waals surface area contributed by atoms with Crippen molar-refractivity contribution in [3.05, 3.63) is 18.0 Å². The molecule has 0 saturated carbocycles. The molecule has 2 heterocycles. The van der Waals surface area contributed by atoms with Gasteiger partial charge in [0.25, 0.3) is 0 Å². The van der Waals surface area contributed by atoms with Crippen LogP contribution in [0.15, 0.2) is 12.3 Å². The summed E-state index contributed by atoms with van der Waals surface area (Å²) in [6, 6.07) is 1.30. The average molecular weight is 409 g/mol. The van der Waals surface area contributed by atoms with Crippen LogP contribution in [0.1, 0.15) is 26.5 Å². The molecule has 1 atom stereocenters. The van der Waals surface area contributed by atoms with Crippen LogP contribution in [0, 0.1) is 5.92 Å². The van der Waals surface area contributed by atoms with E-state index in [1.807, 2.05) is 0 Å². The van der Waals surface area contributed by atoms with Gasteiger partial charge in [-0.2, -0.15) is 13.2 Å². The molecular weight excluding hydrogens is 387 g/mol. The Balaban J connectivity index is 2.32. The number of sulfone groups is 1. The van der Waals surface area contributed by atoms with Crippen LogP contribution in [-0.2, 0) is 16.3 Å². The molecule has 0 saturated heterocycles. The molecule has 2 rings (SSSR count). The molecule has 0 aromatic carbocycles. The first-order valence-corrected chi connectivity index (χ1v) is 10.1. The molecule has 1 aliphatic rings. The molecule has 7 nitrogen and oxygen atoms in total. The first-order valence-electron chi connectivity index (χ1n) is 8.31. The zero-order valence-corrected chi connectivity index (χ0v) is 16.0. The summed E-state index contributed by atoms with van der Waals surface area (Å²) in [5.74, 6) is -0.187. The number of fused-ring (bicyclic) bond motifs is 1. The summed E-state index contributed by atoms with van der Waals surface area (Å²) in [6.45, 7) is 3.43. The predicted octanol–water partition coefficient (Wildman–Crippen LogP) is 2.93. The zero-order chi connectivity index (χ0) is 20.6. The average Bonchev–Trinajstić information content (AvgIpc) is 2.53. The molecule has 27 heavy (non-hydrogen) atoms. The molecule has 2 N–H and O–H groups in total. The van der Waals surface area contributed by atoms with Gasteiger partial charge in [0.2, 0.25) is 0 Å². The van der Waals surface area contributed by atoms with Crippen LogP contribution in [0.3, 0.4) is 0 Å². The fourth-order valence-electron chi connectivity index (χ4n) is 2.91. The second-order valence-corrected chi connectivity index (χ2v) is 9.41. The molecule has 1 amide bonds. The van der Waals surface area contributed by atoms with Crippen LogP contribution in [0.2, 0.25) is 0 Å². The number of nitrogens with zero attached hydrogens (tertiary/aromatic N) is 2.